The van der Waals surface area contributed by atoms with Crippen LogP contribution >= 0.6 is 15.9 Å². The SMILES string of the molecule is Cc1cc(CN2CCCC3(CCCNC3)C2)ccc1Br. The molecule has 0 amide bonds. The zero-order valence-corrected chi connectivity index (χ0v) is 14.0. The molecule has 1 atom stereocenters. The van der Waals surface area contributed by atoms with Crippen LogP contribution in [0.5, 0.6) is 0 Å². The third-order valence-electron chi connectivity index (χ3n) is 4.93. The molecule has 0 radical (unpaired) electrons. The number of benzene rings is 1. The van der Waals surface area contributed by atoms with Gasteiger partial charge in [-0.3, -0.25) is 4.90 Å². The zero-order chi connectivity index (χ0) is 14.0. The van der Waals surface area contributed by atoms with Crippen molar-refractivity contribution in [2.75, 3.05) is 26.2 Å². The molecule has 1 unspecified atom stereocenters. The summed E-state index contributed by atoms with van der Waals surface area (Å²) in [5.74, 6) is 0. The van der Waals surface area contributed by atoms with Gasteiger partial charge in [0.2, 0.25) is 0 Å². The molecule has 110 valence electrons. The van der Waals surface area contributed by atoms with E-state index in [1.165, 1.54) is 67.5 Å². The van der Waals surface area contributed by atoms with Crippen LogP contribution in [0.15, 0.2) is 22.7 Å². The maximum atomic E-state index is 3.61. The van der Waals surface area contributed by atoms with Crippen molar-refractivity contribution >= 4 is 15.9 Å². The van der Waals surface area contributed by atoms with Crippen LogP contribution in [0.3, 0.4) is 0 Å². The predicted octanol–water partition coefficient (Wildman–Crippen LogP) is 3.72. The average molecular weight is 337 g/mol. The van der Waals surface area contributed by atoms with Crippen LogP contribution in [0.1, 0.15) is 36.8 Å². The normalized spacial score (nSPS) is 27.9. The van der Waals surface area contributed by atoms with E-state index in [0.29, 0.717) is 5.41 Å². The molecule has 1 aromatic rings. The molecule has 0 saturated carbocycles. The van der Waals surface area contributed by atoms with Crippen molar-refractivity contribution in [1.29, 1.82) is 0 Å². The largest absolute Gasteiger partial charge is 0.316 e. The molecular weight excluding hydrogens is 312 g/mol. The summed E-state index contributed by atoms with van der Waals surface area (Å²) in [5, 5.41) is 3.61. The van der Waals surface area contributed by atoms with E-state index in [2.05, 4.69) is 51.3 Å². The minimum absolute atomic E-state index is 0.556. The van der Waals surface area contributed by atoms with Crippen molar-refractivity contribution in [1.82, 2.24) is 10.2 Å². The Hall–Kier alpha value is -0.380. The number of likely N-dealkylation sites (tertiary alicyclic amines) is 1. The first kappa shape index (κ1) is 14.6. The first-order valence-electron chi connectivity index (χ1n) is 7.85. The average Bonchev–Trinajstić information content (AvgIpc) is 2.44. The molecular formula is C17H25BrN2. The molecule has 1 N–H and O–H groups in total. The first-order valence-corrected chi connectivity index (χ1v) is 8.64. The Bertz CT molecular complexity index is 461. The van der Waals surface area contributed by atoms with Gasteiger partial charge in [-0.2, -0.15) is 0 Å². The molecule has 0 aliphatic carbocycles. The predicted molar refractivity (Wildman–Crippen MR) is 87.9 cm³/mol. The summed E-state index contributed by atoms with van der Waals surface area (Å²) < 4.78 is 1.22. The van der Waals surface area contributed by atoms with Crippen LogP contribution in [0.2, 0.25) is 0 Å². The van der Waals surface area contributed by atoms with Gasteiger partial charge in [0.05, 0.1) is 0 Å². The monoisotopic (exact) mass is 336 g/mol. The van der Waals surface area contributed by atoms with Gasteiger partial charge >= 0.3 is 0 Å². The van der Waals surface area contributed by atoms with Gasteiger partial charge in [-0.1, -0.05) is 28.1 Å². The zero-order valence-electron chi connectivity index (χ0n) is 12.4. The van der Waals surface area contributed by atoms with Crippen molar-refractivity contribution in [3.63, 3.8) is 0 Å². The molecule has 3 heteroatoms. The first-order chi connectivity index (χ1) is 9.67. The van der Waals surface area contributed by atoms with Crippen LogP contribution < -0.4 is 5.32 Å². The van der Waals surface area contributed by atoms with E-state index in [0.717, 1.165) is 6.54 Å². The molecule has 20 heavy (non-hydrogen) atoms. The number of piperidine rings is 2. The molecule has 2 nitrogen and oxygen atoms in total. The van der Waals surface area contributed by atoms with E-state index in [1.54, 1.807) is 0 Å². The second-order valence-electron chi connectivity index (χ2n) is 6.68. The van der Waals surface area contributed by atoms with Gasteiger partial charge in [0, 0.05) is 24.1 Å². The van der Waals surface area contributed by atoms with E-state index >= 15 is 0 Å². The van der Waals surface area contributed by atoms with Crippen molar-refractivity contribution in [3.05, 3.63) is 33.8 Å². The number of rotatable bonds is 2. The van der Waals surface area contributed by atoms with Gasteiger partial charge in [0.1, 0.15) is 0 Å². The standard InChI is InChI=1S/C17H25BrN2/c1-14-10-15(4-5-16(14)18)11-20-9-3-7-17(13-20)6-2-8-19-12-17/h4-5,10,19H,2-3,6-9,11-13H2,1H3. The summed E-state index contributed by atoms with van der Waals surface area (Å²) in [4.78, 5) is 2.67. The Balaban J connectivity index is 1.66. The molecule has 0 aromatic heterocycles. The highest BCUT2D eigenvalue weighted by molar-refractivity contribution is 9.10. The smallest absolute Gasteiger partial charge is 0.0234 e. The second kappa shape index (κ2) is 6.17. The maximum Gasteiger partial charge on any atom is 0.0234 e. The summed E-state index contributed by atoms with van der Waals surface area (Å²) in [6.45, 7) is 8.26. The lowest BCUT2D eigenvalue weighted by molar-refractivity contribution is 0.0600. The molecule has 2 aliphatic rings. The van der Waals surface area contributed by atoms with Gasteiger partial charge in [-0.05, 0) is 68.3 Å². The van der Waals surface area contributed by atoms with E-state index in [9.17, 15) is 0 Å². The molecule has 2 heterocycles. The van der Waals surface area contributed by atoms with E-state index in [-0.39, 0.29) is 0 Å². The third-order valence-corrected chi connectivity index (χ3v) is 5.82. The minimum Gasteiger partial charge on any atom is -0.316 e. The molecule has 1 spiro atoms. The van der Waals surface area contributed by atoms with Gasteiger partial charge in [-0.25, -0.2) is 0 Å². The van der Waals surface area contributed by atoms with E-state index in [4.69, 9.17) is 0 Å². The van der Waals surface area contributed by atoms with E-state index < -0.39 is 0 Å². The fourth-order valence-electron chi connectivity index (χ4n) is 3.89. The molecule has 3 rings (SSSR count). The van der Waals surface area contributed by atoms with Crippen LogP contribution in [0, 0.1) is 12.3 Å². The van der Waals surface area contributed by atoms with Crippen molar-refractivity contribution < 1.29 is 0 Å². The summed E-state index contributed by atoms with van der Waals surface area (Å²) >= 11 is 3.59. The lowest BCUT2D eigenvalue weighted by atomic mass is 9.74. The summed E-state index contributed by atoms with van der Waals surface area (Å²) in [6.07, 6.45) is 5.54. The minimum atomic E-state index is 0.556. The van der Waals surface area contributed by atoms with Gasteiger partial charge in [0.25, 0.3) is 0 Å². The van der Waals surface area contributed by atoms with Crippen LogP contribution in [-0.2, 0) is 6.54 Å². The van der Waals surface area contributed by atoms with Crippen molar-refractivity contribution in [2.24, 2.45) is 5.41 Å². The van der Waals surface area contributed by atoms with Gasteiger partial charge < -0.3 is 5.32 Å². The highest BCUT2D eigenvalue weighted by Crippen LogP contribution is 2.36. The molecule has 2 fully saturated rings. The highest BCUT2D eigenvalue weighted by Gasteiger charge is 2.36. The maximum absolute atomic E-state index is 3.61. The van der Waals surface area contributed by atoms with Gasteiger partial charge in [0.15, 0.2) is 0 Å². The number of hydrogen-bond acceptors (Lipinski definition) is 2. The lowest BCUT2D eigenvalue weighted by Crippen LogP contribution is -2.50. The highest BCUT2D eigenvalue weighted by atomic mass is 79.9. The lowest BCUT2D eigenvalue weighted by Gasteiger charge is -2.45. The Morgan fingerprint density at radius 3 is 2.90 bits per heavy atom. The summed E-state index contributed by atoms with van der Waals surface area (Å²) in [6, 6.07) is 6.77. The van der Waals surface area contributed by atoms with Crippen molar-refractivity contribution in [3.8, 4) is 0 Å². The number of halogens is 1. The number of hydrogen-bond donors (Lipinski definition) is 1. The van der Waals surface area contributed by atoms with Gasteiger partial charge in [-0.15, -0.1) is 0 Å². The number of aryl methyl sites for hydroxylation is 1. The van der Waals surface area contributed by atoms with Crippen molar-refractivity contribution in [2.45, 2.75) is 39.2 Å². The second-order valence-corrected chi connectivity index (χ2v) is 7.53. The van der Waals surface area contributed by atoms with E-state index in [1.807, 2.05) is 0 Å². The third kappa shape index (κ3) is 3.26. The summed E-state index contributed by atoms with van der Waals surface area (Å²) in [7, 11) is 0. The molecule has 1 aromatic carbocycles. The summed E-state index contributed by atoms with van der Waals surface area (Å²) in [5.41, 5.74) is 3.35. The topological polar surface area (TPSA) is 15.3 Å². The Labute approximate surface area is 131 Å². The molecule has 2 saturated heterocycles. The quantitative estimate of drug-likeness (QED) is 0.885. The molecule has 2 aliphatic heterocycles. The van der Waals surface area contributed by atoms with Crippen LogP contribution in [0.25, 0.3) is 0 Å². The Morgan fingerprint density at radius 1 is 1.30 bits per heavy atom. The fraction of sp³-hybridized carbons (Fsp3) is 0.647. The van der Waals surface area contributed by atoms with Crippen LogP contribution in [0.4, 0.5) is 0 Å². The number of nitrogens with zero attached hydrogens (tertiary/aromatic N) is 1. The molecule has 0 bridgehead atoms. The Morgan fingerprint density at radius 2 is 2.15 bits per heavy atom. The number of nitrogens with one attached hydrogen (secondary N) is 1. The fourth-order valence-corrected chi connectivity index (χ4v) is 4.13. The van der Waals surface area contributed by atoms with Crippen LogP contribution in [-0.4, -0.2) is 31.1 Å². The Kier molecular flexibility index (Phi) is 4.49.